The molecule has 1 heterocycles. The molecule has 8 aromatic carbocycles. The molecule has 1 N–H and O–H groups in total. The molecule has 0 radical (unpaired) electrons. The van der Waals surface area contributed by atoms with E-state index in [1.54, 1.807) is 0 Å². The van der Waals surface area contributed by atoms with Crippen molar-refractivity contribution in [1.29, 1.82) is 0 Å². The fourth-order valence-electron chi connectivity index (χ4n) is 11.1. The van der Waals surface area contributed by atoms with E-state index >= 15 is 0 Å². The number of hydrogen-bond acceptors (Lipinski definition) is 3. The predicted molar refractivity (Wildman–Crippen MR) is 243 cm³/mol. The van der Waals surface area contributed by atoms with Crippen LogP contribution in [0.1, 0.15) is 95.1 Å². The first-order valence-electron chi connectivity index (χ1n) is 20.9. The van der Waals surface area contributed by atoms with Gasteiger partial charge in [0.05, 0.1) is 5.41 Å². The van der Waals surface area contributed by atoms with E-state index in [4.69, 9.17) is 9.98 Å². The minimum absolute atomic E-state index is 0.129. The van der Waals surface area contributed by atoms with E-state index in [9.17, 15) is 0 Å². The lowest BCUT2D eigenvalue weighted by Crippen LogP contribution is -2.41. The SMILES string of the molecule is CC1(C)c2ccccc2-c2ccc(C3=NC(c4ccc5ccccc5c4)N=C(c4ccc5c(c4)C4(c6ccccc6-5)c5ccccc5C(C)(C)c5ccccc54)N3)cc21. The summed E-state index contributed by atoms with van der Waals surface area (Å²) in [5.41, 5.74) is 18.3. The summed E-state index contributed by atoms with van der Waals surface area (Å²) < 4.78 is 0. The molecule has 0 saturated carbocycles. The van der Waals surface area contributed by atoms with Crippen molar-refractivity contribution < 1.29 is 0 Å². The monoisotopic (exact) mass is 757 g/mol. The predicted octanol–water partition coefficient (Wildman–Crippen LogP) is 12.6. The summed E-state index contributed by atoms with van der Waals surface area (Å²) in [4.78, 5) is 10.9. The van der Waals surface area contributed by atoms with Crippen LogP contribution in [-0.4, -0.2) is 11.7 Å². The van der Waals surface area contributed by atoms with Crippen molar-refractivity contribution in [2.45, 2.75) is 50.1 Å². The summed E-state index contributed by atoms with van der Waals surface area (Å²) in [7, 11) is 0. The highest BCUT2D eigenvalue weighted by Crippen LogP contribution is 2.62. The zero-order chi connectivity index (χ0) is 39.7. The average Bonchev–Trinajstić information content (AvgIpc) is 3.70. The van der Waals surface area contributed by atoms with Gasteiger partial charge >= 0.3 is 0 Å². The summed E-state index contributed by atoms with van der Waals surface area (Å²) >= 11 is 0. The fourth-order valence-corrected chi connectivity index (χ4v) is 11.1. The standard InChI is InChI=1S/C56H43N3/c1-54(2)43-19-9-7-17-39(43)41-29-27-37(32-49(41)54)52-57-51(36-26-25-34-15-5-6-16-35(34)31-36)58-53(59-52)38-28-30-42-40-18-8-10-20-44(40)56(50(42)33-38)47-23-13-11-21-45(47)55(3,4)46-22-12-14-24-48(46)56/h5-33,51H,1-4H3,(H,57,58,59). The van der Waals surface area contributed by atoms with Gasteiger partial charge in [0, 0.05) is 22.0 Å². The summed E-state index contributed by atoms with van der Waals surface area (Å²) in [6.45, 7) is 9.43. The molecule has 3 heteroatoms. The molecule has 1 atom stereocenters. The maximum atomic E-state index is 5.48. The van der Waals surface area contributed by atoms with Gasteiger partial charge in [0.15, 0.2) is 6.17 Å². The molecule has 0 amide bonds. The molecule has 1 unspecified atom stereocenters. The minimum atomic E-state index is -0.491. The molecule has 59 heavy (non-hydrogen) atoms. The van der Waals surface area contributed by atoms with Crippen molar-refractivity contribution in [1.82, 2.24) is 5.32 Å². The maximum absolute atomic E-state index is 5.48. The van der Waals surface area contributed by atoms with Gasteiger partial charge in [-0.05, 0) is 101 Å². The molecule has 12 rings (SSSR count). The van der Waals surface area contributed by atoms with E-state index in [1.807, 2.05) is 0 Å². The van der Waals surface area contributed by atoms with Gasteiger partial charge in [-0.25, -0.2) is 9.98 Å². The number of fused-ring (bicyclic) bond motifs is 13. The van der Waals surface area contributed by atoms with Crippen LogP contribution in [0.15, 0.2) is 186 Å². The number of nitrogens with one attached hydrogen (secondary N) is 1. The largest absolute Gasteiger partial charge is 0.324 e. The molecule has 4 aliphatic rings. The van der Waals surface area contributed by atoms with Gasteiger partial charge < -0.3 is 5.32 Å². The highest BCUT2D eigenvalue weighted by atomic mass is 15.2. The summed E-state index contributed by atoms with van der Waals surface area (Å²) in [5, 5.41) is 6.21. The fraction of sp³-hybridized carbons (Fsp3) is 0.143. The zero-order valence-corrected chi connectivity index (χ0v) is 33.7. The first kappa shape index (κ1) is 34.2. The highest BCUT2D eigenvalue weighted by molar-refractivity contribution is 6.16. The maximum Gasteiger partial charge on any atom is 0.169 e. The summed E-state index contributed by atoms with van der Waals surface area (Å²) in [5.74, 6) is 1.65. The molecule has 0 aromatic heterocycles. The van der Waals surface area contributed by atoms with Crippen molar-refractivity contribution >= 4 is 22.4 Å². The molecule has 3 nitrogen and oxygen atoms in total. The Balaban J connectivity index is 1.06. The van der Waals surface area contributed by atoms with Crippen molar-refractivity contribution in [2.75, 3.05) is 0 Å². The van der Waals surface area contributed by atoms with Gasteiger partial charge in [0.1, 0.15) is 11.7 Å². The van der Waals surface area contributed by atoms with Crippen LogP contribution in [0.25, 0.3) is 33.0 Å². The van der Waals surface area contributed by atoms with Gasteiger partial charge in [-0.1, -0.05) is 185 Å². The highest BCUT2D eigenvalue weighted by Gasteiger charge is 2.53. The zero-order valence-electron chi connectivity index (χ0n) is 33.7. The number of rotatable bonds is 3. The van der Waals surface area contributed by atoms with Gasteiger partial charge in [-0.15, -0.1) is 0 Å². The molecular formula is C56H43N3. The van der Waals surface area contributed by atoms with Crippen molar-refractivity contribution in [2.24, 2.45) is 9.98 Å². The third-order valence-electron chi connectivity index (χ3n) is 14.0. The number of amidine groups is 2. The van der Waals surface area contributed by atoms with E-state index in [0.29, 0.717) is 0 Å². The van der Waals surface area contributed by atoms with Crippen LogP contribution in [0.3, 0.4) is 0 Å². The third-order valence-corrected chi connectivity index (χ3v) is 14.0. The van der Waals surface area contributed by atoms with Gasteiger partial charge in [-0.3, -0.25) is 0 Å². The number of nitrogens with zero attached hydrogens (tertiary/aromatic N) is 2. The molecule has 282 valence electrons. The summed E-state index contributed by atoms with van der Waals surface area (Å²) in [6.07, 6.45) is -0.430. The number of benzene rings is 8. The Morgan fingerprint density at radius 3 is 1.47 bits per heavy atom. The third kappa shape index (κ3) is 4.64. The Hall–Kier alpha value is -6.84. The van der Waals surface area contributed by atoms with Crippen molar-refractivity contribution in [3.8, 4) is 22.3 Å². The van der Waals surface area contributed by atoms with E-state index in [0.717, 1.165) is 28.4 Å². The second-order valence-corrected chi connectivity index (χ2v) is 17.8. The van der Waals surface area contributed by atoms with Crippen LogP contribution in [0.5, 0.6) is 0 Å². The van der Waals surface area contributed by atoms with Crippen LogP contribution in [-0.2, 0) is 16.2 Å². The molecule has 1 spiro atoms. The van der Waals surface area contributed by atoms with Crippen LogP contribution in [0, 0.1) is 0 Å². The molecule has 0 bridgehead atoms. The first-order chi connectivity index (χ1) is 28.7. The average molecular weight is 758 g/mol. The topological polar surface area (TPSA) is 36.8 Å². The lowest BCUT2D eigenvalue weighted by Gasteiger charge is -2.46. The minimum Gasteiger partial charge on any atom is -0.324 e. The number of hydrogen-bond donors (Lipinski definition) is 1. The molecule has 3 aliphatic carbocycles. The van der Waals surface area contributed by atoms with Crippen LogP contribution >= 0.6 is 0 Å². The molecule has 1 aliphatic heterocycles. The van der Waals surface area contributed by atoms with E-state index in [-0.39, 0.29) is 10.8 Å². The lowest BCUT2D eigenvalue weighted by atomic mass is 9.55. The Kier molecular flexibility index (Phi) is 7.02. The summed E-state index contributed by atoms with van der Waals surface area (Å²) in [6, 6.07) is 65.2. The second kappa shape index (κ2) is 12.1. The molecule has 8 aromatic rings. The van der Waals surface area contributed by atoms with Crippen LogP contribution < -0.4 is 5.32 Å². The van der Waals surface area contributed by atoms with Gasteiger partial charge in [-0.2, -0.15) is 0 Å². The smallest absolute Gasteiger partial charge is 0.169 e. The van der Waals surface area contributed by atoms with E-state index in [2.05, 4.69) is 209 Å². The van der Waals surface area contributed by atoms with Crippen molar-refractivity contribution in [3.05, 3.63) is 237 Å². The molecule has 0 saturated heterocycles. The van der Waals surface area contributed by atoms with E-state index < -0.39 is 11.6 Å². The van der Waals surface area contributed by atoms with Gasteiger partial charge in [0.2, 0.25) is 0 Å². The van der Waals surface area contributed by atoms with Crippen LogP contribution in [0.2, 0.25) is 0 Å². The Morgan fingerprint density at radius 2 is 0.831 bits per heavy atom. The van der Waals surface area contributed by atoms with Crippen LogP contribution in [0.4, 0.5) is 0 Å². The normalized spacial score (nSPS) is 18.1. The first-order valence-corrected chi connectivity index (χ1v) is 20.9. The number of aliphatic imine (C=N–C) groups is 2. The lowest BCUT2D eigenvalue weighted by molar-refractivity contribution is 0.563. The molecular weight excluding hydrogens is 715 g/mol. The van der Waals surface area contributed by atoms with Crippen molar-refractivity contribution in [3.63, 3.8) is 0 Å². The Morgan fingerprint density at radius 1 is 0.373 bits per heavy atom. The Labute approximate surface area is 345 Å². The second-order valence-electron chi connectivity index (χ2n) is 17.8. The van der Waals surface area contributed by atoms with E-state index in [1.165, 1.54) is 77.5 Å². The quantitative estimate of drug-likeness (QED) is 0.191. The van der Waals surface area contributed by atoms with Gasteiger partial charge in [0.25, 0.3) is 0 Å². The molecule has 0 fully saturated rings. The Bertz CT molecular complexity index is 3110.